The van der Waals surface area contributed by atoms with Crippen LogP contribution in [0.25, 0.3) is 34.5 Å². The van der Waals surface area contributed by atoms with Gasteiger partial charge in [-0.3, -0.25) is 0 Å². The molecule has 0 N–H and O–H groups in total. The van der Waals surface area contributed by atoms with E-state index >= 15 is 0 Å². The highest BCUT2D eigenvalue weighted by atomic mass is 32.1. The molecular formula is C24H19NS. The number of aromatic nitrogens is 1. The van der Waals surface area contributed by atoms with Crippen molar-refractivity contribution in [3.63, 3.8) is 0 Å². The van der Waals surface area contributed by atoms with Crippen molar-refractivity contribution in [2.45, 2.75) is 6.92 Å². The van der Waals surface area contributed by atoms with Crippen LogP contribution < -0.4 is 0 Å². The zero-order valence-corrected chi connectivity index (χ0v) is 15.4. The zero-order valence-electron chi connectivity index (χ0n) is 14.6. The Balaban J connectivity index is 1.46. The standard InChI is InChI=1S/C24H19NS/c1-18-6-8-19(9-7-18)10-11-20-12-14-21(15-13-20)16-17-24-25-22-4-2-3-5-23(22)26-24/h2-17H,1H3/b11-10+,17-16+. The van der Waals surface area contributed by atoms with E-state index in [-0.39, 0.29) is 0 Å². The van der Waals surface area contributed by atoms with Gasteiger partial charge in [-0.25, -0.2) is 4.98 Å². The zero-order chi connectivity index (χ0) is 17.8. The summed E-state index contributed by atoms with van der Waals surface area (Å²) in [4.78, 5) is 4.64. The van der Waals surface area contributed by atoms with E-state index in [0.717, 1.165) is 10.5 Å². The highest BCUT2D eigenvalue weighted by Crippen LogP contribution is 2.23. The van der Waals surface area contributed by atoms with E-state index in [2.05, 4.69) is 103 Å². The topological polar surface area (TPSA) is 12.9 Å². The summed E-state index contributed by atoms with van der Waals surface area (Å²) in [6.45, 7) is 2.11. The van der Waals surface area contributed by atoms with Crippen LogP contribution >= 0.6 is 11.3 Å². The number of hydrogen-bond acceptors (Lipinski definition) is 2. The molecule has 0 saturated carbocycles. The van der Waals surface area contributed by atoms with Crippen molar-refractivity contribution < 1.29 is 0 Å². The molecule has 1 nitrogen and oxygen atoms in total. The molecule has 4 rings (SSSR count). The quantitative estimate of drug-likeness (QED) is 0.362. The maximum atomic E-state index is 4.64. The lowest BCUT2D eigenvalue weighted by molar-refractivity contribution is 1.46. The second kappa shape index (κ2) is 7.51. The van der Waals surface area contributed by atoms with Crippen LogP contribution in [0.15, 0.2) is 72.8 Å². The molecule has 0 aliphatic heterocycles. The van der Waals surface area contributed by atoms with E-state index in [4.69, 9.17) is 0 Å². The summed E-state index contributed by atoms with van der Waals surface area (Å²) in [5.74, 6) is 0. The Morgan fingerprint density at radius 1 is 0.654 bits per heavy atom. The lowest BCUT2D eigenvalue weighted by Gasteiger charge is -1.97. The Hall–Kier alpha value is -2.97. The number of fused-ring (bicyclic) bond motifs is 1. The monoisotopic (exact) mass is 353 g/mol. The fraction of sp³-hybridized carbons (Fsp3) is 0.0417. The van der Waals surface area contributed by atoms with Gasteiger partial charge < -0.3 is 0 Å². The summed E-state index contributed by atoms with van der Waals surface area (Å²) >= 11 is 1.72. The Bertz CT molecular complexity index is 1030. The average Bonchev–Trinajstić information content (AvgIpc) is 3.10. The van der Waals surface area contributed by atoms with Crippen molar-refractivity contribution in [3.8, 4) is 0 Å². The number of para-hydroxylation sites is 1. The number of aryl methyl sites for hydroxylation is 1. The van der Waals surface area contributed by atoms with E-state index in [0.29, 0.717) is 0 Å². The smallest absolute Gasteiger partial charge is 0.117 e. The highest BCUT2D eigenvalue weighted by molar-refractivity contribution is 7.19. The van der Waals surface area contributed by atoms with Crippen molar-refractivity contribution in [1.82, 2.24) is 4.98 Å². The van der Waals surface area contributed by atoms with Gasteiger partial charge in [0.25, 0.3) is 0 Å². The molecule has 0 radical (unpaired) electrons. The minimum Gasteiger partial charge on any atom is -0.237 e. The van der Waals surface area contributed by atoms with Crippen molar-refractivity contribution in [2.24, 2.45) is 0 Å². The molecule has 0 spiro atoms. The largest absolute Gasteiger partial charge is 0.237 e. The summed E-state index contributed by atoms with van der Waals surface area (Å²) in [5.41, 5.74) is 5.94. The Morgan fingerprint density at radius 3 is 1.81 bits per heavy atom. The predicted octanol–water partition coefficient (Wildman–Crippen LogP) is 6.95. The van der Waals surface area contributed by atoms with Crippen LogP contribution in [0.1, 0.15) is 27.3 Å². The molecule has 1 aromatic heterocycles. The third-order valence-electron chi connectivity index (χ3n) is 4.21. The molecule has 4 aromatic rings. The first-order valence-corrected chi connectivity index (χ1v) is 9.46. The number of hydrogen-bond donors (Lipinski definition) is 0. The molecule has 3 aromatic carbocycles. The Morgan fingerprint density at radius 2 is 1.19 bits per heavy atom. The van der Waals surface area contributed by atoms with E-state index in [1.807, 2.05) is 6.07 Å². The van der Waals surface area contributed by atoms with Crippen LogP contribution in [0.5, 0.6) is 0 Å². The van der Waals surface area contributed by atoms with Gasteiger partial charge in [0.1, 0.15) is 5.01 Å². The molecule has 0 fully saturated rings. The molecule has 126 valence electrons. The van der Waals surface area contributed by atoms with Gasteiger partial charge in [0, 0.05) is 0 Å². The van der Waals surface area contributed by atoms with Gasteiger partial charge in [0.2, 0.25) is 0 Å². The van der Waals surface area contributed by atoms with Gasteiger partial charge in [0.15, 0.2) is 0 Å². The Labute approximate surface area is 158 Å². The van der Waals surface area contributed by atoms with Crippen LogP contribution in [0.4, 0.5) is 0 Å². The van der Waals surface area contributed by atoms with E-state index < -0.39 is 0 Å². The molecule has 26 heavy (non-hydrogen) atoms. The third kappa shape index (κ3) is 3.98. The maximum Gasteiger partial charge on any atom is 0.117 e. The SMILES string of the molecule is Cc1ccc(/C=C/c2ccc(/C=C/c3nc4ccccc4s3)cc2)cc1. The first kappa shape index (κ1) is 16.5. The van der Waals surface area contributed by atoms with Crippen LogP contribution in [-0.4, -0.2) is 4.98 Å². The molecule has 2 heteroatoms. The van der Waals surface area contributed by atoms with Crippen molar-refractivity contribution in [3.05, 3.63) is 100 Å². The first-order valence-electron chi connectivity index (χ1n) is 8.65. The second-order valence-corrected chi connectivity index (χ2v) is 7.33. The normalized spacial score (nSPS) is 11.7. The molecule has 0 amide bonds. The maximum absolute atomic E-state index is 4.64. The third-order valence-corrected chi connectivity index (χ3v) is 5.21. The van der Waals surface area contributed by atoms with Crippen LogP contribution in [0, 0.1) is 6.92 Å². The highest BCUT2D eigenvalue weighted by Gasteiger charge is 1.99. The molecule has 0 unspecified atom stereocenters. The van der Waals surface area contributed by atoms with Crippen molar-refractivity contribution in [2.75, 3.05) is 0 Å². The molecular weight excluding hydrogens is 334 g/mol. The van der Waals surface area contributed by atoms with E-state index in [1.165, 1.54) is 27.0 Å². The number of rotatable bonds is 4. The van der Waals surface area contributed by atoms with Gasteiger partial charge in [-0.2, -0.15) is 0 Å². The molecule has 0 aliphatic rings. The van der Waals surface area contributed by atoms with Gasteiger partial charge in [-0.05, 0) is 41.8 Å². The summed E-state index contributed by atoms with van der Waals surface area (Å²) in [6.07, 6.45) is 8.49. The van der Waals surface area contributed by atoms with Crippen molar-refractivity contribution in [1.29, 1.82) is 0 Å². The van der Waals surface area contributed by atoms with Crippen LogP contribution in [0.2, 0.25) is 0 Å². The molecule has 0 atom stereocenters. The Kier molecular flexibility index (Phi) is 4.76. The minimum absolute atomic E-state index is 1.04. The summed E-state index contributed by atoms with van der Waals surface area (Å²) in [7, 11) is 0. The fourth-order valence-corrected chi connectivity index (χ4v) is 3.59. The number of thiazole rings is 1. The van der Waals surface area contributed by atoms with Gasteiger partial charge in [0.05, 0.1) is 10.2 Å². The fourth-order valence-electron chi connectivity index (χ4n) is 2.72. The van der Waals surface area contributed by atoms with Crippen LogP contribution in [-0.2, 0) is 0 Å². The molecule has 0 saturated heterocycles. The first-order chi connectivity index (χ1) is 12.8. The summed E-state index contributed by atoms with van der Waals surface area (Å²) < 4.78 is 1.23. The van der Waals surface area contributed by atoms with Crippen LogP contribution in [0.3, 0.4) is 0 Å². The van der Waals surface area contributed by atoms with Crippen molar-refractivity contribution >= 4 is 45.9 Å². The lowest BCUT2D eigenvalue weighted by Crippen LogP contribution is -1.76. The predicted molar refractivity (Wildman–Crippen MR) is 115 cm³/mol. The molecule has 0 bridgehead atoms. The number of nitrogens with zero attached hydrogens (tertiary/aromatic N) is 1. The summed E-state index contributed by atoms with van der Waals surface area (Å²) in [6, 6.07) is 25.4. The van der Waals surface area contributed by atoms with Gasteiger partial charge in [-0.1, -0.05) is 84.5 Å². The molecule has 1 heterocycles. The average molecular weight is 353 g/mol. The summed E-state index contributed by atoms with van der Waals surface area (Å²) in [5, 5.41) is 1.04. The molecule has 0 aliphatic carbocycles. The lowest BCUT2D eigenvalue weighted by atomic mass is 10.1. The van der Waals surface area contributed by atoms with E-state index in [1.54, 1.807) is 11.3 Å². The van der Waals surface area contributed by atoms with Gasteiger partial charge >= 0.3 is 0 Å². The number of benzene rings is 3. The second-order valence-electron chi connectivity index (χ2n) is 6.26. The van der Waals surface area contributed by atoms with Gasteiger partial charge in [-0.15, -0.1) is 11.3 Å². The minimum atomic E-state index is 1.04. The van der Waals surface area contributed by atoms with E-state index in [9.17, 15) is 0 Å².